The molecule has 1 saturated heterocycles. The second-order valence-corrected chi connectivity index (χ2v) is 27.9. The van der Waals surface area contributed by atoms with Crippen LogP contribution < -0.4 is 24.8 Å². The molecule has 1 fully saturated rings. The van der Waals surface area contributed by atoms with Gasteiger partial charge in [0.1, 0.15) is 0 Å². The van der Waals surface area contributed by atoms with Crippen LogP contribution in [0.5, 0.6) is 0 Å². The van der Waals surface area contributed by atoms with E-state index in [4.69, 9.17) is 0 Å². The monoisotopic (exact) mass is 676 g/mol. The Balaban J connectivity index is 0.00000171. The van der Waals surface area contributed by atoms with E-state index >= 15 is 0 Å². The zero-order valence-corrected chi connectivity index (χ0v) is 27.6. The van der Waals surface area contributed by atoms with Gasteiger partial charge in [0, 0.05) is 0 Å². The molecule has 0 aromatic heterocycles. The van der Waals surface area contributed by atoms with Crippen LogP contribution in [0.1, 0.15) is 104 Å². The number of hydrogen-bond donors (Lipinski definition) is 0. The molecule has 0 amide bonds. The van der Waals surface area contributed by atoms with E-state index in [0.29, 0.717) is 0 Å². The smallest absolute Gasteiger partial charge is 1.00 e. The molecule has 0 radical (unpaired) electrons. The van der Waals surface area contributed by atoms with Gasteiger partial charge in [-0.05, 0) is 0 Å². The maximum atomic E-state index is 2.67. The molecule has 0 nitrogen and oxygen atoms in total. The zero-order valence-electron chi connectivity index (χ0n) is 22.5. The van der Waals surface area contributed by atoms with Crippen molar-refractivity contribution in [1.82, 2.24) is 0 Å². The Morgan fingerprint density at radius 2 is 1.00 bits per heavy atom. The molecule has 0 bridgehead atoms. The first kappa shape index (κ1) is 28.9. The molecule has 188 valence electrons. The fourth-order valence-electron chi connectivity index (χ4n) is 7.16. The Hall–Kier alpha value is -0.630. The Kier molecular flexibility index (Phi) is 9.43. The van der Waals surface area contributed by atoms with E-state index in [0.717, 1.165) is 7.35 Å². The molecule has 2 aromatic carbocycles. The third-order valence-electron chi connectivity index (χ3n) is 9.04. The van der Waals surface area contributed by atoms with Crippen LogP contribution in [0, 0.1) is 27.7 Å². The third kappa shape index (κ3) is 4.84. The molecule has 2 unspecified atom stereocenters. The number of allylic oxidation sites excluding steroid dienone is 2. The van der Waals surface area contributed by atoms with E-state index in [2.05, 4.69) is 78.0 Å². The van der Waals surface area contributed by atoms with Gasteiger partial charge in [-0.3, -0.25) is 0 Å². The molecule has 2 aromatic rings. The Morgan fingerprint density at radius 1 is 0.629 bits per heavy atom. The van der Waals surface area contributed by atoms with Gasteiger partial charge in [-0.15, -0.1) is 0 Å². The summed E-state index contributed by atoms with van der Waals surface area (Å²) in [7, 11) is 0. The second kappa shape index (κ2) is 11.4. The standard InChI is InChI=1S/2C15H19.C2H4.2ClH.Hf/c2*1-4-5-6-13-9-14-11(2)7-8-12(3)15(14)10-13;1-2;;;/h2*7-10H,4-6H2,1-3H3;1-2H2;2*1H;/q;;;;;+2/p-2. The molecule has 2 aliphatic carbocycles. The number of halogens is 2. The minimum absolute atomic E-state index is 0. The van der Waals surface area contributed by atoms with E-state index < -0.39 is 20.0 Å². The van der Waals surface area contributed by atoms with Gasteiger partial charge >= 0.3 is 208 Å². The third-order valence-corrected chi connectivity index (χ3v) is 28.0. The van der Waals surface area contributed by atoms with Crippen LogP contribution in [-0.2, 0) is 20.0 Å². The molecule has 0 N–H and O–H groups in total. The molecule has 0 spiro atoms. The average Bonchev–Trinajstić information content (AvgIpc) is 3.32. The summed E-state index contributed by atoms with van der Waals surface area (Å²) in [6.07, 6.45) is 13.3. The van der Waals surface area contributed by atoms with Crippen LogP contribution in [0.15, 0.2) is 35.4 Å². The summed E-state index contributed by atoms with van der Waals surface area (Å²) in [4.78, 5) is 0. The van der Waals surface area contributed by atoms with Gasteiger partial charge in [-0.2, -0.15) is 0 Å². The maximum Gasteiger partial charge on any atom is -1.00 e. The molecule has 1 heterocycles. The SMILES string of the molecule is CCCCC1=Cc2c(C)ccc(C)c2[CH]1[Hf+2]1([CH]2C(CCCC)=Cc3c(C)ccc(C)c32)[CH2][CH2]1.[Cl-].[Cl-]. The van der Waals surface area contributed by atoms with Crippen LogP contribution >= 0.6 is 0 Å². The molecule has 3 aliphatic rings. The van der Waals surface area contributed by atoms with Crippen LogP contribution in [-0.4, -0.2) is 0 Å². The molecule has 3 heteroatoms. The summed E-state index contributed by atoms with van der Waals surface area (Å²) < 4.78 is 4.82. The minimum Gasteiger partial charge on any atom is -1.00 e. The van der Waals surface area contributed by atoms with Gasteiger partial charge in [0.2, 0.25) is 0 Å². The fourth-order valence-corrected chi connectivity index (χ4v) is 35.9. The predicted molar refractivity (Wildman–Crippen MR) is 142 cm³/mol. The normalized spacial score (nSPS) is 19.9. The van der Waals surface area contributed by atoms with Crippen molar-refractivity contribution in [2.24, 2.45) is 0 Å². The van der Waals surface area contributed by atoms with Gasteiger partial charge in [0.05, 0.1) is 0 Å². The first-order valence-corrected chi connectivity index (χ1v) is 22.8. The molecule has 0 saturated carbocycles. The minimum atomic E-state index is -2.72. The van der Waals surface area contributed by atoms with Gasteiger partial charge < -0.3 is 24.8 Å². The van der Waals surface area contributed by atoms with Crippen LogP contribution in [0.4, 0.5) is 0 Å². The van der Waals surface area contributed by atoms with Crippen molar-refractivity contribution in [3.8, 4) is 0 Å². The summed E-state index contributed by atoms with van der Waals surface area (Å²) in [5, 5.41) is 0. The molecule has 2 atom stereocenters. The summed E-state index contributed by atoms with van der Waals surface area (Å²) in [5.74, 6) is 0. The summed E-state index contributed by atoms with van der Waals surface area (Å²) in [6, 6.07) is 9.58. The number of hydrogen-bond acceptors (Lipinski definition) is 0. The summed E-state index contributed by atoms with van der Waals surface area (Å²) >= 11 is -2.72. The van der Waals surface area contributed by atoms with E-state index in [1.54, 1.807) is 41.7 Å². The van der Waals surface area contributed by atoms with Gasteiger partial charge in [0.25, 0.3) is 0 Å². The van der Waals surface area contributed by atoms with E-state index in [1.807, 2.05) is 11.1 Å². The average molecular weight is 676 g/mol. The molecule has 35 heavy (non-hydrogen) atoms. The number of fused-ring (bicyclic) bond motifs is 2. The molecular formula is C32H42Cl2Hf. The Labute approximate surface area is 231 Å². The quantitative estimate of drug-likeness (QED) is 0.373. The Morgan fingerprint density at radius 3 is 1.34 bits per heavy atom. The maximum absolute atomic E-state index is 2.72. The molecular weight excluding hydrogens is 634 g/mol. The van der Waals surface area contributed by atoms with Gasteiger partial charge in [-0.1, -0.05) is 0 Å². The molecule has 5 rings (SSSR count). The number of unbranched alkanes of at least 4 members (excludes halogenated alkanes) is 2. The topological polar surface area (TPSA) is 0 Å². The van der Waals surface area contributed by atoms with Crippen molar-refractivity contribution in [2.75, 3.05) is 0 Å². The first-order valence-electron chi connectivity index (χ1n) is 13.5. The van der Waals surface area contributed by atoms with Crippen molar-refractivity contribution >= 4 is 12.2 Å². The number of benzene rings is 2. The van der Waals surface area contributed by atoms with Crippen molar-refractivity contribution in [3.63, 3.8) is 0 Å². The van der Waals surface area contributed by atoms with Crippen molar-refractivity contribution in [1.29, 1.82) is 0 Å². The number of aryl methyl sites for hydroxylation is 4. The van der Waals surface area contributed by atoms with Crippen molar-refractivity contribution in [2.45, 2.75) is 95.8 Å². The van der Waals surface area contributed by atoms with E-state index in [-0.39, 0.29) is 24.8 Å². The van der Waals surface area contributed by atoms with E-state index in [9.17, 15) is 0 Å². The summed E-state index contributed by atoms with van der Waals surface area (Å²) in [5.41, 5.74) is 16.5. The van der Waals surface area contributed by atoms with Crippen molar-refractivity contribution in [3.05, 3.63) is 79.9 Å². The van der Waals surface area contributed by atoms with Gasteiger partial charge in [0.15, 0.2) is 0 Å². The zero-order chi connectivity index (χ0) is 23.3. The fraction of sp³-hybridized carbons (Fsp3) is 0.500. The van der Waals surface area contributed by atoms with E-state index in [1.165, 1.54) is 49.7 Å². The molecule has 1 aliphatic heterocycles. The van der Waals surface area contributed by atoms with Crippen LogP contribution in [0.25, 0.3) is 12.2 Å². The van der Waals surface area contributed by atoms with Gasteiger partial charge in [-0.25, -0.2) is 0 Å². The number of rotatable bonds is 8. The van der Waals surface area contributed by atoms with Crippen molar-refractivity contribution < 1.29 is 44.8 Å². The second-order valence-electron chi connectivity index (χ2n) is 11.3. The van der Waals surface area contributed by atoms with Crippen LogP contribution in [0.3, 0.4) is 0 Å². The largest absolute Gasteiger partial charge is 1.00 e. The first-order chi connectivity index (χ1) is 15.9. The summed E-state index contributed by atoms with van der Waals surface area (Å²) in [6.45, 7) is 14.2. The predicted octanol–water partition coefficient (Wildman–Crippen LogP) is 3.89. The van der Waals surface area contributed by atoms with Crippen LogP contribution in [0.2, 0.25) is 8.35 Å². The Bertz CT molecular complexity index is 1070.